The highest BCUT2D eigenvalue weighted by Gasteiger charge is 2.03. The topological polar surface area (TPSA) is 92.8 Å². The summed E-state index contributed by atoms with van der Waals surface area (Å²) in [5, 5.41) is 17.7. The van der Waals surface area contributed by atoms with Gasteiger partial charge in [0.05, 0.1) is 6.42 Å². The molecule has 5 nitrogen and oxygen atoms in total. The average molecular weight is 225 g/mol. The van der Waals surface area contributed by atoms with Crippen LogP contribution in [0.25, 0.3) is 0 Å². The number of aliphatic hydroxyl groups is 1. The molecule has 0 aliphatic heterocycles. The van der Waals surface area contributed by atoms with E-state index in [1.54, 1.807) is 24.3 Å². The standard InChI is InChI=1S/C11H15NO4/c12-6-9(13)7-16-10-3-1-8(2-4-10)5-11(14)15/h1-4,9,13H,5-7,12H2,(H,14,15). The molecule has 4 N–H and O–H groups in total. The molecule has 1 unspecified atom stereocenters. The first-order valence-electron chi connectivity index (χ1n) is 4.93. The quantitative estimate of drug-likeness (QED) is 0.634. The number of hydrogen-bond acceptors (Lipinski definition) is 4. The number of carbonyl (C=O) groups is 1. The van der Waals surface area contributed by atoms with Crippen molar-refractivity contribution in [2.24, 2.45) is 5.73 Å². The van der Waals surface area contributed by atoms with Crippen LogP contribution in [-0.2, 0) is 11.2 Å². The van der Waals surface area contributed by atoms with Crippen molar-refractivity contribution in [3.63, 3.8) is 0 Å². The van der Waals surface area contributed by atoms with Crippen LogP contribution >= 0.6 is 0 Å². The second kappa shape index (κ2) is 6.09. The van der Waals surface area contributed by atoms with E-state index in [-0.39, 0.29) is 19.6 Å². The summed E-state index contributed by atoms with van der Waals surface area (Å²) in [6.07, 6.45) is -0.690. The van der Waals surface area contributed by atoms with Gasteiger partial charge in [-0.15, -0.1) is 0 Å². The average Bonchev–Trinajstić information content (AvgIpc) is 2.27. The van der Waals surface area contributed by atoms with Crippen LogP contribution in [0.2, 0.25) is 0 Å². The lowest BCUT2D eigenvalue weighted by atomic mass is 10.1. The Balaban J connectivity index is 2.48. The minimum Gasteiger partial charge on any atom is -0.491 e. The van der Waals surface area contributed by atoms with Crippen molar-refractivity contribution in [3.05, 3.63) is 29.8 Å². The van der Waals surface area contributed by atoms with E-state index >= 15 is 0 Å². The van der Waals surface area contributed by atoms with E-state index in [4.69, 9.17) is 20.7 Å². The largest absolute Gasteiger partial charge is 0.491 e. The highest BCUT2D eigenvalue weighted by molar-refractivity contribution is 5.70. The maximum absolute atomic E-state index is 10.4. The molecule has 1 atom stereocenters. The van der Waals surface area contributed by atoms with Crippen molar-refractivity contribution in [2.75, 3.05) is 13.2 Å². The molecule has 5 heteroatoms. The predicted octanol–water partition coefficient (Wildman–Crippen LogP) is 0.0121. The molecular weight excluding hydrogens is 210 g/mol. The van der Waals surface area contributed by atoms with Gasteiger partial charge in [-0.25, -0.2) is 0 Å². The molecule has 1 rings (SSSR count). The van der Waals surface area contributed by atoms with E-state index < -0.39 is 12.1 Å². The molecule has 0 fully saturated rings. The van der Waals surface area contributed by atoms with Gasteiger partial charge in [-0.3, -0.25) is 4.79 Å². The lowest BCUT2D eigenvalue weighted by Gasteiger charge is -2.10. The third-order valence-electron chi connectivity index (χ3n) is 1.99. The van der Waals surface area contributed by atoms with Crippen LogP contribution in [-0.4, -0.2) is 35.4 Å². The second-order valence-corrected chi connectivity index (χ2v) is 3.41. The number of aliphatic hydroxyl groups excluding tert-OH is 1. The van der Waals surface area contributed by atoms with Crippen LogP contribution in [0.4, 0.5) is 0 Å². The number of benzene rings is 1. The summed E-state index contributed by atoms with van der Waals surface area (Å²) < 4.78 is 5.24. The molecule has 88 valence electrons. The Bertz CT molecular complexity index is 336. The van der Waals surface area contributed by atoms with Crippen LogP contribution in [0.5, 0.6) is 5.75 Å². The zero-order chi connectivity index (χ0) is 12.0. The molecule has 0 radical (unpaired) electrons. The molecule has 0 aromatic heterocycles. The molecule has 0 spiro atoms. The maximum Gasteiger partial charge on any atom is 0.307 e. The third-order valence-corrected chi connectivity index (χ3v) is 1.99. The van der Waals surface area contributed by atoms with E-state index in [9.17, 15) is 4.79 Å². The van der Waals surface area contributed by atoms with Gasteiger partial charge in [-0.1, -0.05) is 12.1 Å². The van der Waals surface area contributed by atoms with Crippen molar-refractivity contribution in [2.45, 2.75) is 12.5 Å². The van der Waals surface area contributed by atoms with Gasteiger partial charge in [0.25, 0.3) is 0 Å². The fraction of sp³-hybridized carbons (Fsp3) is 0.364. The van der Waals surface area contributed by atoms with E-state index in [0.29, 0.717) is 11.3 Å². The van der Waals surface area contributed by atoms with Gasteiger partial charge in [0.15, 0.2) is 0 Å². The fourth-order valence-corrected chi connectivity index (χ4v) is 1.14. The molecule has 0 bridgehead atoms. The number of hydrogen-bond donors (Lipinski definition) is 3. The molecule has 0 saturated heterocycles. The normalized spacial score (nSPS) is 12.1. The Labute approximate surface area is 93.5 Å². The molecule has 1 aromatic rings. The molecule has 0 aliphatic carbocycles. The van der Waals surface area contributed by atoms with Crippen molar-refractivity contribution in [1.29, 1.82) is 0 Å². The highest BCUT2D eigenvalue weighted by Crippen LogP contribution is 2.12. The van der Waals surface area contributed by atoms with Gasteiger partial charge in [0.1, 0.15) is 18.5 Å². The first-order chi connectivity index (χ1) is 7.61. The first kappa shape index (κ1) is 12.5. The SMILES string of the molecule is NCC(O)COc1ccc(CC(=O)O)cc1. The number of carboxylic acid groups (broad SMARTS) is 1. The summed E-state index contributed by atoms with van der Waals surface area (Å²) in [6, 6.07) is 6.69. The third kappa shape index (κ3) is 4.29. The summed E-state index contributed by atoms with van der Waals surface area (Å²) in [5.74, 6) is -0.283. The van der Waals surface area contributed by atoms with Crippen LogP contribution < -0.4 is 10.5 Å². The predicted molar refractivity (Wildman–Crippen MR) is 58.3 cm³/mol. The number of ether oxygens (including phenoxy) is 1. The Kier molecular flexibility index (Phi) is 4.75. The van der Waals surface area contributed by atoms with Crippen molar-refractivity contribution in [1.82, 2.24) is 0 Å². The summed E-state index contributed by atoms with van der Waals surface area (Å²) in [5.41, 5.74) is 5.93. The minimum atomic E-state index is -0.868. The first-order valence-corrected chi connectivity index (χ1v) is 4.93. The zero-order valence-corrected chi connectivity index (χ0v) is 8.80. The second-order valence-electron chi connectivity index (χ2n) is 3.41. The molecule has 0 saturated carbocycles. The van der Waals surface area contributed by atoms with Gasteiger partial charge < -0.3 is 20.7 Å². The Morgan fingerprint density at radius 3 is 2.50 bits per heavy atom. The fourth-order valence-electron chi connectivity index (χ4n) is 1.14. The summed E-state index contributed by atoms with van der Waals surface area (Å²) in [7, 11) is 0. The minimum absolute atomic E-state index is 0.00823. The molecule has 0 heterocycles. The smallest absolute Gasteiger partial charge is 0.307 e. The maximum atomic E-state index is 10.4. The summed E-state index contributed by atoms with van der Waals surface area (Å²) >= 11 is 0. The molecule has 16 heavy (non-hydrogen) atoms. The number of rotatable bonds is 6. The summed E-state index contributed by atoms with van der Waals surface area (Å²) in [6.45, 7) is 0.284. The van der Waals surface area contributed by atoms with E-state index in [1.165, 1.54) is 0 Å². The number of aliphatic carboxylic acids is 1. The highest BCUT2D eigenvalue weighted by atomic mass is 16.5. The lowest BCUT2D eigenvalue weighted by molar-refractivity contribution is -0.136. The van der Waals surface area contributed by atoms with Gasteiger partial charge in [0.2, 0.25) is 0 Å². The number of carboxylic acids is 1. The van der Waals surface area contributed by atoms with Gasteiger partial charge in [-0.05, 0) is 17.7 Å². The van der Waals surface area contributed by atoms with Crippen molar-refractivity contribution < 1.29 is 19.7 Å². The lowest BCUT2D eigenvalue weighted by Crippen LogP contribution is -2.26. The van der Waals surface area contributed by atoms with Crippen molar-refractivity contribution >= 4 is 5.97 Å². The Morgan fingerprint density at radius 1 is 1.38 bits per heavy atom. The summed E-state index contributed by atoms with van der Waals surface area (Å²) in [4.78, 5) is 10.4. The van der Waals surface area contributed by atoms with Gasteiger partial charge >= 0.3 is 5.97 Å². The molecule has 0 amide bonds. The Morgan fingerprint density at radius 2 is 2.00 bits per heavy atom. The molecule has 0 aliphatic rings. The van der Waals surface area contributed by atoms with Crippen LogP contribution in [0.1, 0.15) is 5.56 Å². The van der Waals surface area contributed by atoms with Gasteiger partial charge in [0, 0.05) is 6.54 Å². The van der Waals surface area contributed by atoms with E-state index in [0.717, 1.165) is 0 Å². The van der Waals surface area contributed by atoms with Crippen LogP contribution in [0, 0.1) is 0 Å². The zero-order valence-electron chi connectivity index (χ0n) is 8.80. The van der Waals surface area contributed by atoms with E-state index in [2.05, 4.69) is 0 Å². The molecular formula is C11H15NO4. The molecule has 1 aromatic carbocycles. The van der Waals surface area contributed by atoms with Crippen LogP contribution in [0.3, 0.4) is 0 Å². The number of nitrogens with two attached hydrogens (primary N) is 1. The van der Waals surface area contributed by atoms with Gasteiger partial charge in [-0.2, -0.15) is 0 Å². The monoisotopic (exact) mass is 225 g/mol. The van der Waals surface area contributed by atoms with E-state index in [1.807, 2.05) is 0 Å². The van der Waals surface area contributed by atoms with Crippen molar-refractivity contribution in [3.8, 4) is 5.75 Å². The van der Waals surface area contributed by atoms with Crippen LogP contribution in [0.15, 0.2) is 24.3 Å². The Hall–Kier alpha value is -1.59.